The molecule has 2 N–H and O–H groups in total. The van der Waals surface area contributed by atoms with Gasteiger partial charge < -0.3 is 9.67 Å². The lowest BCUT2D eigenvalue weighted by Crippen LogP contribution is -2.17. The van der Waals surface area contributed by atoms with Crippen LogP contribution >= 0.6 is 15.9 Å². The van der Waals surface area contributed by atoms with Crippen molar-refractivity contribution >= 4 is 38.8 Å². The molecule has 1 heterocycles. The summed E-state index contributed by atoms with van der Waals surface area (Å²) in [4.78, 5) is 12.6. The number of aryl methyl sites for hydroxylation is 1. The first-order valence-corrected chi connectivity index (χ1v) is 10.7. The topological polar surface area (TPSA) is 66.6 Å². The summed E-state index contributed by atoms with van der Waals surface area (Å²) in [7, 11) is 0. The Bertz CT molecular complexity index is 1340. The molecule has 4 aromatic rings. The Kier molecular flexibility index (Phi) is 5.65. The number of hydrazone groups is 1. The van der Waals surface area contributed by atoms with Crippen molar-refractivity contribution in [1.29, 1.82) is 0 Å². The smallest absolute Gasteiger partial charge is 0.275 e. The van der Waals surface area contributed by atoms with Gasteiger partial charge in [-0.05, 0) is 77.3 Å². The predicted molar refractivity (Wildman–Crippen MR) is 128 cm³/mol. The fourth-order valence-electron chi connectivity index (χ4n) is 3.75. The largest absolute Gasteiger partial charge is 0.507 e. The fraction of sp³-hybridized carbons (Fsp3) is 0.120. The lowest BCUT2D eigenvalue weighted by atomic mass is 10.1. The lowest BCUT2D eigenvalue weighted by Gasteiger charge is -2.10. The molecule has 31 heavy (non-hydrogen) atoms. The van der Waals surface area contributed by atoms with Crippen LogP contribution < -0.4 is 5.43 Å². The number of aromatic nitrogens is 1. The van der Waals surface area contributed by atoms with Crippen LogP contribution in [0.5, 0.6) is 5.75 Å². The average molecular weight is 476 g/mol. The summed E-state index contributed by atoms with van der Waals surface area (Å²) in [6, 6.07) is 19.1. The van der Waals surface area contributed by atoms with Gasteiger partial charge in [-0.2, -0.15) is 5.10 Å². The van der Waals surface area contributed by atoms with E-state index in [0.29, 0.717) is 0 Å². The maximum absolute atomic E-state index is 12.6. The molecule has 0 saturated heterocycles. The summed E-state index contributed by atoms with van der Waals surface area (Å²) in [5.74, 6) is -0.548. The Morgan fingerprint density at radius 2 is 1.71 bits per heavy atom. The minimum Gasteiger partial charge on any atom is -0.507 e. The van der Waals surface area contributed by atoms with E-state index >= 15 is 0 Å². The molecule has 0 bridgehead atoms. The van der Waals surface area contributed by atoms with Crippen molar-refractivity contribution in [2.75, 3.05) is 0 Å². The summed E-state index contributed by atoms with van der Waals surface area (Å²) in [5, 5.41) is 16.1. The van der Waals surface area contributed by atoms with Crippen LogP contribution in [0.3, 0.4) is 0 Å². The highest BCUT2D eigenvalue weighted by Crippen LogP contribution is 2.30. The molecule has 4 rings (SSSR count). The van der Waals surface area contributed by atoms with Gasteiger partial charge in [0.25, 0.3) is 5.91 Å². The first-order valence-electron chi connectivity index (χ1n) is 9.86. The monoisotopic (exact) mass is 475 g/mol. The minimum atomic E-state index is -0.469. The van der Waals surface area contributed by atoms with E-state index < -0.39 is 5.91 Å². The van der Waals surface area contributed by atoms with Gasteiger partial charge in [-0.25, -0.2) is 5.43 Å². The number of halogens is 1. The maximum atomic E-state index is 12.6. The van der Waals surface area contributed by atoms with Crippen LogP contribution in [0.15, 0.2) is 70.2 Å². The number of benzene rings is 3. The summed E-state index contributed by atoms with van der Waals surface area (Å²) in [5.41, 5.74) is 7.88. The van der Waals surface area contributed by atoms with Gasteiger partial charge in [0.1, 0.15) is 5.75 Å². The highest BCUT2D eigenvalue weighted by Gasteiger charge is 2.16. The normalized spacial score (nSPS) is 11.4. The quantitative estimate of drug-likeness (QED) is 0.289. The van der Waals surface area contributed by atoms with Crippen molar-refractivity contribution in [1.82, 2.24) is 9.99 Å². The van der Waals surface area contributed by atoms with E-state index in [1.54, 1.807) is 18.3 Å². The average Bonchev–Trinajstić information content (AvgIpc) is 2.96. The van der Waals surface area contributed by atoms with Crippen LogP contribution in [-0.4, -0.2) is 21.8 Å². The SMILES string of the molecule is Cc1cccc(-n2c(C)c(Br)c(/C=N\NC(=O)c3cc4ccccc4cc3O)c2C)c1. The Hall–Kier alpha value is -3.38. The molecule has 6 heteroatoms. The third-order valence-electron chi connectivity index (χ3n) is 5.34. The van der Waals surface area contributed by atoms with Crippen LogP contribution in [0.25, 0.3) is 16.5 Å². The number of hydrogen-bond acceptors (Lipinski definition) is 3. The van der Waals surface area contributed by atoms with E-state index in [9.17, 15) is 9.90 Å². The van der Waals surface area contributed by atoms with Crippen LogP contribution in [0.4, 0.5) is 0 Å². The summed E-state index contributed by atoms with van der Waals surface area (Å²) in [6.45, 7) is 6.10. The Morgan fingerprint density at radius 1 is 1.00 bits per heavy atom. The number of carbonyl (C=O) groups excluding carboxylic acids is 1. The van der Waals surface area contributed by atoms with E-state index in [4.69, 9.17) is 0 Å². The van der Waals surface area contributed by atoms with Crippen molar-refractivity contribution in [3.05, 3.63) is 93.2 Å². The van der Waals surface area contributed by atoms with E-state index in [2.05, 4.69) is 56.1 Å². The molecule has 0 unspecified atom stereocenters. The molecule has 156 valence electrons. The molecule has 0 saturated carbocycles. The second kappa shape index (κ2) is 8.40. The van der Waals surface area contributed by atoms with Gasteiger partial charge in [-0.1, -0.05) is 36.4 Å². The Labute approximate surface area is 189 Å². The predicted octanol–water partition coefficient (Wildman–Crippen LogP) is 5.79. The molecular weight excluding hydrogens is 454 g/mol. The van der Waals surface area contributed by atoms with E-state index in [0.717, 1.165) is 37.9 Å². The van der Waals surface area contributed by atoms with Crippen molar-refractivity contribution in [2.24, 2.45) is 5.10 Å². The second-order valence-electron chi connectivity index (χ2n) is 7.49. The third-order valence-corrected chi connectivity index (χ3v) is 6.34. The fourth-order valence-corrected chi connectivity index (χ4v) is 4.32. The number of aromatic hydroxyl groups is 1. The van der Waals surface area contributed by atoms with E-state index in [1.807, 2.05) is 44.2 Å². The van der Waals surface area contributed by atoms with E-state index in [1.165, 1.54) is 5.56 Å². The van der Waals surface area contributed by atoms with Gasteiger partial charge in [-0.15, -0.1) is 0 Å². The Balaban J connectivity index is 1.60. The van der Waals surface area contributed by atoms with Crippen molar-refractivity contribution < 1.29 is 9.90 Å². The highest BCUT2D eigenvalue weighted by atomic mass is 79.9. The zero-order valence-electron chi connectivity index (χ0n) is 17.5. The zero-order valence-corrected chi connectivity index (χ0v) is 19.1. The van der Waals surface area contributed by atoms with Crippen LogP contribution in [0, 0.1) is 20.8 Å². The standard InChI is InChI=1S/C25H22BrN3O2/c1-15-7-6-10-20(11-15)29-16(2)22(24(26)17(29)3)14-27-28-25(31)21-12-18-8-4-5-9-19(18)13-23(21)30/h4-14,30H,1-3H3,(H,28,31)/b27-14-. The number of nitrogens with one attached hydrogen (secondary N) is 1. The number of nitrogens with zero attached hydrogens (tertiary/aromatic N) is 2. The molecule has 0 radical (unpaired) electrons. The molecule has 0 aliphatic heterocycles. The summed E-state index contributed by atoms with van der Waals surface area (Å²) in [6.07, 6.45) is 1.62. The number of phenolic OH excluding ortho intramolecular Hbond substituents is 1. The molecule has 3 aromatic carbocycles. The van der Waals surface area contributed by atoms with Gasteiger partial charge >= 0.3 is 0 Å². The molecule has 0 aliphatic carbocycles. The van der Waals surface area contributed by atoms with Gasteiger partial charge in [0.15, 0.2) is 0 Å². The number of phenols is 1. The van der Waals surface area contributed by atoms with Gasteiger partial charge in [0.05, 0.1) is 11.8 Å². The third kappa shape index (κ3) is 3.99. The Morgan fingerprint density at radius 3 is 2.42 bits per heavy atom. The van der Waals surface area contributed by atoms with Crippen molar-refractivity contribution in [3.8, 4) is 11.4 Å². The second-order valence-corrected chi connectivity index (χ2v) is 8.28. The molecule has 1 amide bonds. The van der Waals surface area contributed by atoms with Crippen LogP contribution in [0.2, 0.25) is 0 Å². The highest BCUT2D eigenvalue weighted by molar-refractivity contribution is 9.10. The van der Waals surface area contributed by atoms with E-state index in [-0.39, 0.29) is 11.3 Å². The number of amides is 1. The molecule has 0 aliphatic rings. The zero-order chi connectivity index (χ0) is 22.1. The summed E-state index contributed by atoms with van der Waals surface area (Å²) < 4.78 is 3.06. The maximum Gasteiger partial charge on any atom is 0.275 e. The van der Waals surface area contributed by atoms with Gasteiger partial charge in [-0.3, -0.25) is 4.79 Å². The molecule has 0 fully saturated rings. The molecule has 0 atom stereocenters. The number of carbonyl (C=O) groups is 1. The van der Waals surface area contributed by atoms with Gasteiger partial charge in [0, 0.05) is 27.1 Å². The number of fused-ring (bicyclic) bond motifs is 1. The minimum absolute atomic E-state index is 0.0785. The molecule has 1 aromatic heterocycles. The molecule has 0 spiro atoms. The number of hydrogen-bond donors (Lipinski definition) is 2. The summed E-state index contributed by atoms with van der Waals surface area (Å²) >= 11 is 3.65. The molecule has 5 nitrogen and oxygen atoms in total. The van der Waals surface area contributed by atoms with Crippen molar-refractivity contribution in [2.45, 2.75) is 20.8 Å². The van der Waals surface area contributed by atoms with Crippen molar-refractivity contribution in [3.63, 3.8) is 0 Å². The van der Waals surface area contributed by atoms with Gasteiger partial charge in [0.2, 0.25) is 0 Å². The number of rotatable bonds is 4. The first-order chi connectivity index (χ1) is 14.9. The first kappa shape index (κ1) is 20.9. The van der Waals surface area contributed by atoms with Crippen LogP contribution in [-0.2, 0) is 0 Å². The van der Waals surface area contributed by atoms with Crippen LogP contribution in [0.1, 0.15) is 32.9 Å². The lowest BCUT2D eigenvalue weighted by molar-refractivity contribution is 0.0952. The molecular formula is C25H22BrN3O2.